The Bertz CT molecular complexity index is 538. The van der Waals surface area contributed by atoms with Crippen molar-refractivity contribution in [3.63, 3.8) is 0 Å². The second-order valence-electron chi connectivity index (χ2n) is 5.31. The summed E-state index contributed by atoms with van der Waals surface area (Å²) in [4.78, 5) is 6.60. The normalized spacial score (nSPS) is 11.2. The van der Waals surface area contributed by atoms with Crippen LogP contribution in [0.15, 0.2) is 36.5 Å². The van der Waals surface area contributed by atoms with Crippen molar-refractivity contribution in [2.24, 2.45) is 7.05 Å². The molecule has 0 aliphatic heterocycles. The maximum Gasteiger partial charge on any atom is 0.128 e. The smallest absolute Gasteiger partial charge is 0.128 e. The molecular weight excluding hydrogens is 284 g/mol. The van der Waals surface area contributed by atoms with Crippen LogP contribution in [0.4, 0.5) is 0 Å². The first kappa shape index (κ1) is 16.0. The van der Waals surface area contributed by atoms with Crippen LogP contribution in [0.25, 0.3) is 0 Å². The minimum absolute atomic E-state index is 0.675. The molecule has 114 valence electrons. The number of hydrogen-bond donors (Lipinski definition) is 1. The van der Waals surface area contributed by atoms with Gasteiger partial charge in [0.25, 0.3) is 0 Å². The van der Waals surface area contributed by atoms with Crippen LogP contribution in [0.3, 0.4) is 0 Å². The minimum Gasteiger partial charge on any atom is -0.321 e. The van der Waals surface area contributed by atoms with E-state index in [2.05, 4.69) is 52.6 Å². The van der Waals surface area contributed by atoms with Crippen LogP contribution in [0, 0.1) is 0 Å². The molecule has 2 rings (SSSR count). The molecule has 21 heavy (non-hydrogen) atoms. The topological polar surface area (TPSA) is 33.1 Å². The molecule has 1 heterocycles. The summed E-state index contributed by atoms with van der Waals surface area (Å²) in [6, 6.07) is 10.6. The van der Waals surface area contributed by atoms with E-state index < -0.39 is 0 Å². The summed E-state index contributed by atoms with van der Waals surface area (Å²) in [6.45, 7) is 3.80. The number of hydrogen-bond acceptors (Lipinski definition) is 3. The van der Waals surface area contributed by atoms with Crippen LogP contribution < -0.4 is 5.32 Å². The number of benzene rings is 1. The number of rotatable bonds is 8. The Kier molecular flexibility index (Phi) is 6.23. The lowest BCUT2D eigenvalue weighted by atomic mass is 10.2. The maximum atomic E-state index is 5.95. The quantitative estimate of drug-likeness (QED) is 0.761. The molecule has 2 aromatic rings. The van der Waals surface area contributed by atoms with Crippen molar-refractivity contribution in [1.29, 1.82) is 0 Å². The highest BCUT2D eigenvalue weighted by Crippen LogP contribution is 2.08. The molecule has 1 aromatic carbocycles. The molecule has 1 N–H and O–H groups in total. The highest BCUT2D eigenvalue weighted by molar-refractivity contribution is 6.29. The van der Waals surface area contributed by atoms with Gasteiger partial charge in [-0.25, -0.2) is 4.98 Å². The summed E-state index contributed by atoms with van der Waals surface area (Å²) < 4.78 is 1.90. The average Bonchev–Trinajstić information content (AvgIpc) is 2.80. The first-order valence-electron chi connectivity index (χ1n) is 7.26. The molecule has 0 radical (unpaired) electrons. The molecule has 0 fully saturated rings. The zero-order valence-electron chi connectivity index (χ0n) is 12.7. The summed E-state index contributed by atoms with van der Waals surface area (Å²) in [6.07, 6.45) is 2.80. The fourth-order valence-electron chi connectivity index (χ4n) is 2.24. The second kappa shape index (κ2) is 8.17. The largest absolute Gasteiger partial charge is 0.321 e. The van der Waals surface area contributed by atoms with E-state index in [9.17, 15) is 0 Å². The molecule has 0 bridgehead atoms. The van der Waals surface area contributed by atoms with Gasteiger partial charge < -0.3 is 14.8 Å². The third kappa shape index (κ3) is 5.16. The lowest BCUT2D eigenvalue weighted by molar-refractivity contribution is 0.319. The van der Waals surface area contributed by atoms with Gasteiger partial charge in [0, 0.05) is 13.6 Å². The van der Waals surface area contributed by atoms with E-state index in [4.69, 9.17) is 11.6 Å². The van der Waals surface area contributed by atoms with Crippen molar-refractivity contribution in [3.8, 4) is 0 Å². The van der Waals surface area contributed by atoms with Gasteiger partial charge in [0.15, 0.2) is 0 Å². The van der Waals surface area contributed by atoms with E-state index in [1.54, 1.807) is 6.20 Å². The van der Waals surface area contributed by atoms with Gasteiger partial charge in [-0.15, -0.1) is 0 Å². The lowest BCUT2D eigenvalue weighted by Gasteiger charge is -2.16. The summed E-state index contributed by atoms with van der Waals surface area (Å²) in [5.41, 5.74) is 1.36. The fourth-order valence-corrected chi connectivity index (χ4v) is 2.38. The van der Waals surface area contributed by atoms with Crippen molar-refractivity contribution in [2.75, 3.05) is 20.1 Å². The molecule has 0 saturated carbocycles. The number of aromatic nitrogens is 2. The average molecular weight is 307 g/mol. The molecule has 4 nitrogen and oxygen atoms in total. The molecular formula is C16H23ClN4. The Hall–Kier alpha value is -1.36. The molecule has 0 saturated heterocycles. The predicted molar refractivity (Wildman–Crippen MR) is 87.3 cm³/mol. The summed E-state index contributed by atoms with van der Waals surface area (Å²) in [5, 5.41) is 4.08. The minimum atomic E-state index is 0.675. The van der Waals surface area contributed by atoms with E-state index in [-0.39, 0.29) is 0 Å². The summed E-state index contributed by atoms with van der Waals surface area (Å²) in [5.74, 6) is 0.970. The molecule has 0 aliphatic rings. The monoisotopic (exact) mass is 306 g/mol. The highest BCUT2D eigenvalue weighted by Gasteiger charge is 2.03. The molecule has 5 heteroatoms. The Labute approximate surface area is 131 Å². The van der Waals surface area contributed by atoms with Gasteiger partial charge in [-0.3, -0.25) is 0 Å². The van der Waals surface area contributed by atoms with Crippen molar-refractivity contribution < 1.29 is 0 Å². The number of nitrogens with zero attached hydrogens (tertiary/aromatic N) is 3. The van der Waals surface area contributed by atoms with Crippen molar-refractivity contribution in [3.05, 3.63) is 53.1 Å². The first-order valence-corrected chi connectivity index (χ1v) is 7.64. The van der Waals surface area contributed by atoms with Crippen LogP contribution in [0.5, 0.6) is 0 Å². The number of imidazole rings is 1. The molecule has 1 aromatic heterocycles. The van der Waals surface area contributed by atoms with Crippen LogP contribution in [0.1, 0.15) is 17.8 Å². The number of nitrogens with one attached hydrogen (secondary N) is 1. The van der Waals surface area contributed by atoms with E-state index in [1.807, 2.05) is 11.6 Å². The summed E-state index contributed by atoms with van der Waals surface area (Å²) in [7, 11) is 4.09. The van der Waals surface area contributed by atoms with Gasteiger partial charge in [-0.1, -0.05) is 41.9 Å². The second-order valence-corrected chi connectivity index (χ2v) is 5.70. The molecule has 0 amide bonds. The maximum absolute atomic E-state index is 5.95. The van der Waals surface area contributed by atoms with Crippen molar-refractivity contribution >= 4 is 11.6 Å². The van der Waals surface area contributed by atoms with Crippen LogP contribution in [0.2, 0.25) is 5.15 Å². The Morgan fingerprint density at radius 2 is 2.05 bits per heavy atom. The SMILES string of the molecule is CN(CCCNCc1ncc(Cl)n1C)Cc1ccccc1. The van der Waals surface area contributed by atoms with Gasteiger partial charge in [-0.05, 0) is 32.1 Å². The molecule has 0 unspecified atom stereocenters. The van der Waals surface area contributed by atoms with E-state index >= 15 is 0 Å². The van der Waals surface area contributed by atoms with Gasteiger partial charge in [0.05, 0.1) is 12.7 Å². The third-order valence-corrected chi connectivity index (χ3v) is 3.85. The van der Waals surface area contributed by atoms with E-state index in [1.165, 1.54) is 5.56 Å². The molecule has 0 spiro atoms. The number of halogens is 1. The van der Waals surface area contributed by atoms with E-state index in [0.29, 0.717) is 5.15 Å². The van der Waals surface area contributed by atoms with Crippen molar-refractivity contribution in [1.82, 2.24) is 19.8 Å². The van der Waals surface area contributed by atoms with Crippen LogP contribution in [-0.2, 0) is 20.1 Å². The zero-order chi connectivity index (χ0) is 15.1. The first-order chi connectivity index (χ1) is 10.2. The van der Waals surface area contributed by atoms with Gasteiger partial charge >= 0.3 is 0 Å². The molecule has 0 aliphatic carbocycles. The summed E-state index contributed by atoms with van der Waals surface area (Å²) >= 11 is 5.95. The van der Waals surface area contributed by atoms with Gasteiger partial charge in [0.1, 0.15) is 11.0 Å². The standard InChI is InChI=1S/C16H23ClN4/c1-20(13-14-7-4-3-5-8-14)10-6-9-18-12-16-19-11-15(17)21(16)2/h3-5,7-8,11,18H,6,9-10,12-13H2,1-2H3. The Balaban J connectivity index is 1.60. The fraction of sp³-hybridized carbons (Fsp3) is 0.438. The predicted octanol–water partition coefficient (Wildman–Crippen LogP) is 2.69. The Morgan fingerprint density at radius 1 is 1.29 bits per heavy atom. The third-order valence-electron chi connectivity index (χ3n) is 3.50. The van der Waals surface area contributed by atoms with Crippen molar-refractivity contribution in [2.45, 2.75) is 19.5 Å². The zero-order valence-corrected chi connectivity index (χ0v) is 13.5. The van der Waals surface area contributed by atoms with Gasteiger partial charge in [-0.2, -0.15) is 0 Å². The van der Waals surface area contributed by atoms with E-state index in [0.717, 1.165) is 38.4 Å². The van der Waals surface area contributed by atoms with Crippen LogP contribution >= 0.6 is 11.6 Å². The van der Waals surface area contributed by atoms with Gasteiger partial charge in [0.2, 0.25) is 0 Å². The Morgan fingerprint density at radius 3 is 2.71 bits per heavy atom. The lowest BCUT2D eigenvalue weighted by Crippen LogP contribution is -2.24. The molecule has 0 atom stereocenters. The highest BCUT2D eigenvalue weighted by atomic mass is 35.5. The van der Waals surface area contributed by atoms with Crippen LogP contribution in [-0.4, -0.2) is 34.6 Å².